The quantitative estimate of drug-likeness (QED) is 0.0262. The normalized spacial score (nSPS) is 12.6. The zero-order chi connectivity index (χ0) is 50.0. The highest BCUT2D eigenvalue weighted by Gasteiger charge is 2.19. The van der Waals surface area contributed by atoms with Gasteiger partial charge < -0.3 is 14.2 Å². The van der Waals surface area contributed by atoms with E-state index in [2.05, 4.69) is 93.7 Å². The molecule has 0 aromatic rings. The lowest BCUT2D eigenvalue weighted by molar-refractivity contribution is -0.167. The van der Waals surface area contributed by atoms with Crippen LogP contribution < -0.4 is 0 Å². The number of ether oxygens (including phenoxy) is 3. The van der Waals surface area contributed by atoms with Crippen LogP contribution in [0.5, 0.6) is 0 Å². The van der Waals surface area contributed by atoms with Gasteiger partial charge in [-0.1, -0.05) is 273 Å². The number of allylic oxidation sites excluding steroid dienone is 12. The number of hydrogen-bond acceptors (Lipinski definition) is 6. The molecule has 1 unspecified atom stereocenters. The molecule has 0 aromatic heterocycles. The van der Waals surface area contributed by atoms with Crippen LogP contribution in [0.2, 0.25) is 0 Å². The minimum atomic E-state index is -0.783. The first kappa shape index (κ1) is 65.8. The lowest BCUT2D eigenvalue weighted by Gasteiger charge is -2.18. The van der Waals surface area contributed by atoms with Crippen molar-refractivity contribution in [3.63, 3.8) is 0 Å². The fourth-order valence-electron chi connectivity index (χ4n) is 8.33. The fraction of sp³-hybridized carbons (Fsp3) is 0.762. The monoisotopic (exact) mass is 963 g/mol. The van der Waals surface area contributed by atoms with Crippen molar-refractivity contribution in [2.45, 2.75) is 297 Å². The molecule has 6 nitrogen and oxygen atoms in total. The average Bonchev–Trinajstić information content (AvgIpc) is 3.35. The number of carbonyl (C=O) groups excluding carboxylic acids is 3. The molecular weight excluding hydrogens is 853 g/mol. The van der Waals surface area contributed by atoms with Gasteiger partial charge in [-0.3, -0.25) is 14.4 Å². The third kappa shape index (κ3) is 55.6. The molecule has 69 heavy (non-hydrogen) atoms. The highest BCUT2D eigenvalue weighted by Crippen LogP contribution is 2.16. The predicted molar refractivity (Wildman–Crippen MR) is 298 cm³/mol. The maximum absolute atomic E-state index is 12.9. The molecular formula is C63H110O6. The van der Waals surface area contributed by atoms with Crippen molar-refractivity contribution >= 4 is 17.9 Å². The first-order chi connectivity index (χ1) is 34.0. The van der Waals surface area contributed by atoms with E-state index in [9.17, 15) is 14.4 Å². The summed E-state index contributed by atoms with van der Waals surface area (Å²) in [6, 6.07) is 0. The van der Waals surface area contributed by atoms with Crippen molar-refractivity contribution < 1.29 is 28.6 Å². The summed E-state index contributed by atoms with van der Waals surface area (Å²) in [4.78, 5) is 38.1. The van der Waals surface area contributed by atoms with E-state index in [-0.39, 0.29) is 31.1 Å². The highest BCUT2D eigenvalue weighted by atomic mass is 16.6. The second-order valence-corrected chi connectivity index (χ2v) is 19.5. The number of esters is 3. The van der Waals surface area contributed by atoms with Gasteiger partial charge in [-0.25, -0.2) is 0 Å². The van der Waals surface area contributed by atoms with Crippen LogP contribution in [0.1, 0.15) is 290 Å². The molecule has 0 aliphatic heterocycles. The molecule has 0 rings (SSSR count). The Labute approximate surface area is 427 Å². The highest BCUT2D eigenvalue weighted by molar-refractivity contribution is 5.71. The van der Waals surface area contributed by atoms with E-state index in [0.717, 1.165) is 109 Å². The lowest BCUT2D eigenvalue weighted by Crippen LogP contribution is -2.30. The van der Waals surface area contributed by atoms with Crippen LogP contribution in [0.3, 0.4) is 0 Å². The summed E-state index contributed by atoms with van der Waals surface area (Å²) < 4.78 is 16.9. The Kier molecular flexibility index (Phi) is 54.8. The van der Waals surface area contributed by atoms with Crippen LogP contribution in [-0.4, -0.2) is 37.2 Å². The van der Waals surface area contributed by atoms with Gasteiger partial charge in [0, 0.05) is 19.3 Å². The number of unbranched alkanes of at least 4 members (excludes halogenated alkanes) is 30. The molecule has 0 saturated carbocycles. The average molecular weight is 964 g/mol. The van der Waals surface area contributed by atoms with Crippen LogP contribution in [0.15, 0.2) is 72.9 Å². The Bertz CT molecular complexity index is 1290. The van der Waals surface area contributed by atoms with Gasteiger partial charge in [-0.2, -0.15) is 0 Å². The first-order valence-electron chi connectivity index (χ1n) is 29.4. The zero-order valence-electron chi connectivity index (χ0n) is 45.6. The third-order valence-electron chi connectivity index (χ3n) is 12.7. The van der Waals surface area contributed by atoms with E-state index in [1.165, 1.54) is 141 Å². The Morgan fingerprint density at radius 1 is 0.304 bits per heavy atom. The van der Waals surface area contributed by atoms with Crippen LogP contribution in [0, 0.1) is 0 Å². The second-order valence-electron chi connectivity index (χ2n) is 19.5. The number of hydrogen-bond donors (Lipinski definition) is 0. The summed E-state index contributed by atoms with van der Waals surface area (Å²) in [6.07, 6.45) is 73.2. The smallest absolute Gasteiger partial charge is 0.306 e. The Morgan fingerprint density at radius 3 is 0.884 bits per heavy atom. The number of rotatable bonds is 53. The first-order valence-corrected chi connectivity index (χ1v) is 29.4. The molecule has 0 amide bonds. The van der Waals surface area contributed by atoms with Crippen LogP contribution >= 0.6 is 0 Å². The maximum atomic E-state index is 12.9. The van der Waals surface area contributed by atoms with Crippen molar-refractivity contribution in [1.82, 2.24) is 0 Å². The number of carbonyl (C=O) groups is 3. The van der Waals surface area contributed by atoms with E-state index in [0.29, 0.717) is 19.3 Å². The standard InChI is InChI=1S/C63H110O6/c1-4-7-10-13-16-19-22-25-27-29-30-31-32-33-34-35-37-38-41-44-47-50-53-56-62(65)68-59-60(58-67-61(64)55-52-49-46-43-40-24-21-18-15-12-9-6-3)69-63(66)57-54-51-48-45-42-39-36-28-26-23-20-17-14-11-8-5-2/h7,10,16,19,25,27,30-31,33-34,37-38,60H,4-6,8-9,11-15,17-18,20-24,26,28-29,32,35-36,39-59H2,1-3H3/b10-7-,19-16-,27-25-,31-30-,34-33-,38-37-. The summed E-state index contributed by atoms with van der Waals surface area (Å²) in [5.74, 6) is -0.893. The van der Waals surface area contributed by atoms with Gasteiger partial charge in [0.25, 0.3) is 0 Å². The van der Waals surface area contributed by atoms with Crippen LogP contribution in [0.4, 0.5) is 0 Å². The van der Waals surface area contributed by atoms with Crippen molar-refractivity contribution in [1.29, 1.82) is 0 Å². The van der Waals surface area contributed by atoms with Gasteiger partial charge in [0.1, 0.15) is 13.2 Å². The molecule has 0 radical (unpaired) electrons. The Hall–Kier alpha value is -3.15. The largest absolute Gasteiger partial charge is 0.462 e. The summed E-state index contributed by atoms with van der Waals surface area (Å²) in [5.41, 5.74) is 0. The molecule has 0 aromatic carbocycles. The summed E-state index contributed by atoms with van der Waals surface area (Å²) in [5, 5.41) is 0. The van der Waals surface area contributed by atoms with Crippen molar-refractivity contribution in [3.8, 4) is 0 Å². The molecule has 0 aliphatic rings. The van der Waals surface area contributed by atoms with E-state index >= 15 is 0 Å². The molecule has 0 saturated heterocycles. The summed E-state index contributed by atoms with van der Waals surface area (Å²) in [6.45, 7) is 6.53. The Balaban J connectivity index is 4.37. The molecule has 0 bridgehead atoms. The van der Waals surface area contributed by atoms with Gasteiger partial charge in [0.15, 0.2) is 6.10 Å². The van der Waals surface area contributed by atoms with Crippen LogP contribution in [-0.2, 0) is 28.6 Å². The third-order valence-corrected chi connectivity index (χ3v) is 12.7. The van der Waals surface area contributed by atoms with E-state index in [1.807, 2.05) is 0 Å². The molecule has 6 heteroatoms. The van der Waals surface area contributed by atoms with Gasteiger partial charge in [-0.15, -0.1) is 0 Å². The Morgan fingerprint density at radius 2 is 0.565 bits per heavy atom. The second kappa shape index (κ2) is 57.4. The van der Waals surface area contributed by atoms with E-state index in [1.54, 1.807) is 0 Å². The lowest BCUT2D eigenvalue weighted by atomic mass is 10.0. The van der Waals surface area contributed by atoms with E-state index < -0.39 is 6.10 Å². The minimum absolute atomic E-state index is 0.0797. The molecule has 0 N–H and O–H groups in total. The van der Waals surface area contributed by atoms with Gasteiger partial charge in [0.05, 0.1) is 0 Å². The van der Waals surface area contributed by atoms with Gasteiger partial charge >= 0.3 is 17.9 Å². The molecule has 0 spiro atoms. The fourth-order valence-corrected chi connectivity index (χ4v) is 8.33. The van der Waals surface area contributed by atoms with Gasteiger partial charge in [-0.05, 0) is 70.6 Å². The predicted octanol–water partition coefficient (Wildman–Crippen LogP) is 19.8. The van der Waals surface area contributed by atoms with Crippen molar-refractivity contribution in [2.75, 3.05) is 13.2 Å². The molecule has 0 aliphatic carbocycles. The van der Waals surface area contributed by atoms with E-state index in [4.69, 9.17) is 14.2 Å². The molecule has 0 fully saturated rings. The van der Waals surface area contributed by atoms with Crippen LogP contribution in [0.25, 0.3) is 0 Å². The maximum Gasteiger partial charge on any atom is 0.306 e. The SMILES string of the molecule is CC/C=C\C/C=C\C/C=C\C/C=C\C/C=C\C/C=C\CCCCCCC(=O)OCC(COC(=O)CCCCCCCCCCCCCC)OC(=O)CCCCCCCCCCCCCCCCCC. The molecule has 398 valence electrons. The zero-order valence-corrected chi connectivity index (χ0v) is 45.6. The summed E-state index contributed by atoms with van der Waals surface area (Å²) in [7, 11) is 0. The van der Waals surface area contributed by atoms with Gasteiger partial charge in [0.2, 0.25) is 0 Å². The van der Waals surface area contributed by atoms with Crippen molar-refractivity contribution in [2.24, 2.45) is 0 Å². The van der Waals surface area contributed by atoms with Crippen molar-refractivity contribution in [3.05, 3.63) is 72.9 Å². The molecule has 1 atom stereocenters. The molecule has 0 heterocycles. The minimum Gasteiger partial charge on any atom is -0.462 e. The topological polar surface area (TPSA) is 78.9 Å². The summed E-state index contributed by atoms with van der Waals surface area (Å²) >= 11 is 0.